The summed E-state index contributed by atoms with van der Waals surface area (Å²) in [6, 6.07) is -0.233. The van der Waals surface area contributed by atoms with E-state index in [0.29, 0.717) is 13.1 Å². The van der Waals surface area contributed by atoms with Crippen molar-refractivity contribution in [2.75, 3.05) is 61.5 Å². The van der Waals surface area contributed by atoms with E-state index in [4.69, 9.17) is 5.73 Å². The Labute approximate surface area is 158 Å². The van der Waals surface area contributed by atoms with Crippen molar-refractivity contribution in [2.45, 2.75) is 19.9 Å². The summed E-state index contributed by atoms with van der Waals surface area (Å²) in [4.78, 5) is 23.0. The average Bonchev–Trinajstić information content (AvgIpc) is 2.53. The molecule has 1 aliphatic rings. The van der Waals surface area contributed by atoms with Crippen LogP contribution in [0.1, 0.15) is 13.8 Å². The highest BCUT2D eigenvalue weighted by Gasteiger charge is 2.26. The zero-order chi connectivity index (χ0) is 20.2. The molecule has 1 aromatic heterocycles. The van der Waals surface area contributed by atoms with Crippen LogP contribution in [-0.4, -0.2) is 79.8 Å². The number of hydrogen-bond acceptors (Lipinski definition) is 10. The van der Waals surface area contributed by atoms with Crippen LogP contribution in [-0.2, 0) is 10.0 Å². The normalized spacial score (nSPS) is 15.9. The molecule has 0 bridgehead atoms. The van der Waals surface area contributed by atoms with Crippen LogP contribution in [0.25, 0.3) is 0 Å². The van der Waals surface area contributed by atoms with Gasteiger partial charge in [0.2, 0.25) is 27.6 Å². The number of anilines is 3. The molecule has 1 fully saturated rings. The SMILES string of the molecule is CC(C)NS(=O)(=O)CCNc1nc(N2CCN(C)CC2)nc(N)c1[N+](=O)[O-]. The molecule has 2 heterocycles. The lowest BCUT2D eigenvalue weighted by Crippen LogP contribution is -2.45. The molecule has 27 heavy (non-hydrogen) atoms. The van der Waals surface area contributed by atoms with E-state index < -0.39 is 20.6 Å². The van der Waals surface area contributed by atoms with E-state index in [1.54, 1.807) is 13.8 Å². The predicted molar refractivity (Wildman–Crippen MR) is 103 cm³/mol. The second kappa shape index (κ2) is 8.63. The van der Waals surface area contributed by atoms with Crippen LogP contribution in [0.15, 0.2) is 0 Å². The first-order valence-corrected chi connectivity index (χ1v) is 10.2. The molecule has 0 aliphatic carbocycles. The Kier molecular flexibility index (Phi) is 6.73. The number of aromatic nitrogens is 2. The lowest BCUT2D eigenvalue weighted by Gasteiger charge is -2.32. The largest absolute Gasteiger partial charge is 0.378 e. The molecule has 152 valence electrons. The van der Waals surface area contributed by atoms with Crippen LogP contribution >= 0.6 is 0 Å². The zero-order valence-corrected chi connectivity index (χ0v) is 16.5. The van der Waals surface area contributed by atoms with Crippen LogP contribution < -0.4 is 20.7 Å². The number of nitrogens with one attached hydrogen (secondary N) is 2. The maximum absolute atomic E-state index is 11.9. The van der Waals surface area contributed by atoms with Crippen molar-refractivity contribution in [1.29, 1.82) is 0 Å². The zero-order valence-electron chi connectivity index (χ0n) is 15.7. The number of sulfonamides is 1. The Morgan fingerprint density at radius 1 is 1.26 bits per heavy atom. The van der Waals surface area contributed by atoms with Gasteiger partial charge < -0.3 is 20.9 Å². The Hall–Kier alpha value is -2.25. The lowest BCUT2D eigenvalue weighted by atomic mass is 10.3. The number of nitrogen functional groups attached to an aromatic ring is 1. The van der Waals surface area contributed by atoms with Crippen molar-refractivity contribution in [2.24, 2.45) is 0 Å². The fourth-order valence-corrected chi connectivity index (χ4v) is 3.84. The molecule has 0 radical (unpaired) electrons. The minimum atomic E-state index is -3.50. The predicted octanol–water partition coefficient (Wildman–Crippen LogP) is -0.541. The number of likely N-dealkylation sites (N-methyl/N-ethyl adjacent to an activating group) is 1. The molecular weight excluding hydrogens is 376 g/mol. The number of nitro groups is 1. The highest BCUT2D eigenvalue weighted by molar-refractivity contribution is 7.89. The summed E-state index contributed by atoms with van der Waals surface area (Å²) < 4.78 is 26.3. The van der Waals surface area contributed by atoms with Crippen molar-refractivity contribution in [3.05, 3.63) is 10.1 Å². The number of rotatable bonds is 8. The monoisotopic (exact) mass is 402 g/mol. The maximum Gasteiger partial charge on any atom is 0.353 e. The van der Waals surface area contributed by atoms with Crippen molar-refractivity contribution in [1.82, 2.24) is 19.6 Å². The first-order valence-electron chi connectivity index (χ1n) is 8.58. The van der Waals surface area contributed by atoms with Crippen LogP contribution in [0.4, 0.5) is 23.3 Å². The van der Waals surface area contributed by atoms with Gasteiger partial charge >= 0.3 is 5.69 Å². The van der Waals surface area contributed by atoms with Gasteiger partial charge in [-0.15, -0.1) is 0 Å². The third kappa shape index (κ3) is 5.87. The Morgan fingerprint density at radius 3 is 2.44 bits per heavy atom. The molecule has 0 aromatic carbocycles. The third-order valence-corrected chi connectivity index (χ3v) is 5.52. The molecule has 0 amide bonds. The molecule has 1 aromatic rings. The van der Waals surface area contributed by atoms with Crippen molar-refractivity contribution < 1.29 is 13.3 Å². The molecule has 4 N–H and O–H groups in total. The smallest absolute Gasteiger partial charge is 0.353 e. The molecule has 13 heteroatoms. The van der Waals surface area contributed by atoms with E-state index in [0.717, 1.165) is 13.1 Å². The summed E-state index contributed by atoms with van der Waals surface area (Å²) in [5.41, 5.74) is 5.32. The lowest BCUT2D eigenvalue weighted by molar-refractivity contribution is -0.383. The number of nitrogens with zero attached hydrogens (tertiary/aromatic N) is 5. The number of piperazine rings is 1. The summed E-state index contributed by atoms with van der Waals surface area (Å²) in [5.74, 6) is -0.302. The van der Waals surface area contributed by atoms with Gasteiger partial charge in [0.15, 0.2) is 0 Å². The highest BCUT2D eigenvalue weighted by Crippen LogP contribution is 2.30. The number of hydrogen-bond donors (Lipinski definition) is 3. The van der Waals surface area contributed by atoms with Crippen molar-refractivity contribution in [3.8, 4) is 0 Å². The average molecular weight is 402 g/mol. The standard InChI is InChI=1S/C14H26N8O4S/c1-10(2)19-27(25,26)9-4-16-13-11(22(23)24)12(15)17-14(18-13)21-7-5-20(3)6-8-21/h10,19H,4-9H2,1-3H3,(H3,15,16,17,18). The van der Waals surface area contributed by atoms with E-state index >= 15 is 0 Å². The molecule has 0 saturated carbocycles. The third-order valence-electron chi connectivity index (χ3n) is 3.95. The maximum atomic E-state index is 11.9. The van der Waals surface area contributed by atoms with Gasteiger partial charge in [0.1, 0.15) is 0 Å². The second-order valence-electron chi connectivity index (χ2n) is 6.67. The number of nitrogens with two attached hydrogens (primary N) is 1. The van der Waals surface area contributed by atoms with Crippen LogP contribution in [0.2, 0.25) is 0 Å². The Morgan fingerprint density at radius 2 is 1.89 bits per heavy atom. The molecule has 0 atom stereocenters. The van der Waals surface area contributed by atoms with Crippen LogP contribution in [0.5, 0.6) is 0 Å². The van der Waals surface area contributed by atoms with Crippen molar-refractivity contribution in [3.63, 3.8) is 0 Å². The van der Waals surface area contributed by atoms with Gasteiger partial charge in [0.05, 0.1) is 10.7 Å². The molecular formula is C14H26N8O4S. The summed E-state index contributed by atoms with van der Waals surface area (Å²) in [6.45, 7) is 6.32. The molecule has 0 spiro atoms. The van der Waals surface area contributed by atoms with E-state index in [-0.39, 0.29) is 35.9 Å². The summed E-state index contributed by atoms with van der Waals surface area (Å²) in [5, 5.41) is 14.1. The van der Waals surface area contributed by atoms with E-state index in [1.807, 2.05) is 11.9 Å². The highest BCUT2D eigenvalue weighted by atomic mass is 32.2. The fraction of sp³-hybridized carbons (Fsp3) is 0.714. The first kappa shape index (κ1) is 21.1. The van der Waals surface area contributed by atoms with Gasteiger partial charge in [-0.05, 0) is 20.9 Å². The Bertz CT molecular complexity index is 778. The molecule has 2 rings (SSSR count). The van der Waals surface area contributed by atoms with Gasteiger partial charge in [0, 0.05) is 38.8 Å². The summed E-state index contributed by atoms with van der Waals surface area (Å²) in [6.07, 6.45) is 0. The van der Waals surface area contributed by atoms with Crippen LogP contribution in [0.3, 0.4) is 0 Å². The van der Waals surface area contributed by atoms with Crippen molar-refractivity contribution >= 4 is 33.3 Å². The van der Waals surface area contributed by atoms with Gasteiger partial charge in [-0.1, -0.05) is 0 Å². The fourth-order valence-electron chi connectivity index (χ4n) is 2.63. The van der Waals surface area contributed by atoms with Gasteiger partial charge in [-0.3, -0.25) is 10.1 Å². The summed E-state index contributed by atoms with van der Waals surface area (Å²) in [7, 11) is -1.50. The topological polar surface area (TPSA) is 160 Å². The van der Waals surface area contributed by atoms with E-state index in [1.165, 1.54) is 0 Å². The molecule has 0 unspecified atom stereocenters. The van der Waals surface area contributed by atoms with Crippen LogP contribution in [0, 0.1) is 10.1 Å². The second-order valence-corrected chi connectivity index (χ2v) is 8.55. The van der Waals surface area contributed by atoms with E-state index in [9.17, 15) is 18.5 Å². The van der Waals surface area contributed by atoms with Gasteiger partial charge in [-0.2, -0.15) is 9.97 Å². The molecule has 12 nitrogen and oxygen atoms in total. The minimum Gasteiger partial charge on any atom is -0.378 e. The van der Waals surface area contributed by atoms with E-state index in [2.05, 4.69) is 24.9 Å². The quantitative estimate of drug-likeness (QED) is 0.380. The van der Waals surface area contributed by atoms with Gasteiger partial charge in [-0.25, -0.2) is 13.1 Å². The molecule has 1 aliphatic heterocycles. The minimum absolute atomic E-state index is 0.0540. The Balaban J connectivity index is 2.18. The summed E-state index contributed by atoms with van der Waals surface area (Å²) >= 11 is 0. The van der Waals surface area contributed by atoms with Gasteiger partial charge in [0.25, 0.3) is 0 Å². The molecule has 1 saturated heterocycles. The first-order chi connectivity index (χ1) is 12.6.